The van der Waals surface area contributed by atoms with Gasteiger partial charge in [-0.3, -0.25) is 0 Å². The van der Waals surface area contributed by atoms with Crippen LogP contribution < -0.4 is 0 Å². The lowest BCUT2D eigenvalue weighted by Crippen LogP contribution is -2.23. The third-order valence-electron chi connectivity index (χ3n) is 4.90. The second-order valence-corrected chi connectivity index (χ2v) is 5.59. The van der Waals surface area contributed by atoms with Crippen molar-refractivity contribution < 1.29 is 9.53 Å². The number of carbonyl (C=O) groups excluding carboxylic acids is 1. The molecule has 0 unspecified atom stereocenters. The van der Waals surface area contributed by atoms with Crippen molar-refractivity contribution in [1.29, 1.82) is 0 Å². The van der Waals surface area contributed by atoms with E-state index in [1.54, 1.807) is 0 Å². The van der Waals surface area contributed by atoms with Gasteiger partial charge in [0, 0.05) is 5.41 Å². The summed E-state index contributed by atoms with van der Waals surface area (Å²) >= 11 is 0. The molecular weight excluding hydrogens is 260 g/mol. The quantitative estimate of drug-likeness (QED) is 0.770. The largest absolute Gasteiger partial charge is 0.465 e. The van der Waals surface area contributed by atoms with Crippen LogP contribution in [0, 0.1) is 0 Å². The third kappa shape index (κ3) is 1.82. The lowest BCUT2D eigenvalue weighted by atomic mass is 9.73. The summed E-state index contributed by atoms with van der Waals surface area (Å²) in [5.41, 5.74) is 5.84. The Morgan fingerprint density at radius 1 is 1.00 bits per heavy atom. The topological polar surface area (TPSA) is 26.3 Å². The second kappa shape index (κ2) is 5.03. The monoisotopic (exact) mass is 280 g/mol. The maximum Gasteiger partial charge on any atom is 0.337 e. The van der Waals surface area contributed by atoms with Crippen LogP contribution >= 0.6 is 0 Å². The molecule has 1 aliphatic rings. The van der Waals surface area contributed by atoms with Crippen LogP contribution in [-0.4, -0.2) is 13.1 Å². The first-order valence-electron chi connectivity index (χ1n) is 7.50. The molecule has 0 aliphatic heterocycles. The number of methoxy groups -OCH3 is 1. The molecule has 108 valence electrons. The van der Waals surface area contributed by atoms with Crippen LogP contribution in [0.25, 0.3) is 11.1 Å². The summed E-state index contributed by atoms with van der Waals surface area (Å²) in [5.74, 6) is -0.269. The Morgan fingerprint density at radius 3 is 2.33 bits per heavy atom. The molecule has 0 saturated heterocycles. The molecule has 2 heteroatoms. The molecule has 0 spiro atoms. The molecule has 0 saturated carbocycles. The standard InChI is InChI=1S/C19H20O2/c1-4-19(5-2)16-9-7-6-8-14(16)15-11-10-13(12-17(15)19)18(20)21-3/h6-12H,4-5H2,1-3H3. The highest BCUT2D eigenvalue weighted by Gasteiger charge is 2.40. The summed E-state index contributed by atoms with van der Waals surface area (Å²) in [6.45, 7) is 4.44. The first kappa shape index (κ1) is 13.9. The Bertz CT molecular complexity index is 696. The van der Waals surface area contributed by atoms with Gasteiger partial charge in [-0.2, -0.15) is 0 Å². The molecule has 2 aromatic carbocycles. The normalized spacial score (nSPS) is 14.4. The van der Waals surface area contributed by atoms with Crippen molar-refractivity contribution in [2.24, 2.45) is 0 Å². The van der Waals surface area contributed by atoms with E-state index in [9.17, 15) is 4.79 Å². The first-order chi connectivity index (χ1) is 10.2. The zero-order chi connectivity index (χ0) is 15.0. The smallest absolute Gasteiger partial charge is 0.337 e. The van der Waals surface area contributed by atoms with Crippen molar-refractivity contribution in [3.63, 3.8) is 0 Å². The second-order valence-electron chi connectivity index (χ2n) is 5.59. The van der Waals surface area contributed by atoms with E-state index in [-0.39, 0.29) is 11.4 Å². The van der Waals surface area contributed by atoms with Gasteiger partial charge in [0.25, 0.3) is 0 Å². The Balaban J connectivity index is 2.28. The Hall–Kier alpha value is -2.09. The number of carbonyl (C=O) groups is 1. The summed E-state index contributed by atoms with van der Waals surface area (Å²) in [4.78, 5) is 11.9. The van der Waals surface area contributed by atoms with Crippen molar-refractivity contribution >= 4 is 5.97 Å². The van der Waals surface area contributed by atoms with Crippen LogP contribution in [0.5, 0.6) is 0 Å². The third-order valence-corrected chi connectivity index (χ3v) is 4.90. The van der Waals surface area contributed by atoms with E-state index in [2.05, 4.69) is 44.2 Å². The molecule has 3 rings (SSSR count). The summed E-state index contributed by atoms with van der Waals surface area (Å²) in [6, 6.07) is 14.5. The van der Waals surface area contributed by atoms with Gasteiger partial charge < -0.3 is 4.74 Å². The van der Waals surface area contributed by atoms with Crippen molar-refractivity contribution in [3.8, 4) is 11.1 Å². The minimum atomic E-state index is -0.269. The minimum Gasteiger partial charge on any atom is -0.465 e. The number of ether oxygens (including phenoxy) is 1. The molecule has 2 aromatic rings. The Morgan fingerprint density at radius 2 is 1.67 bits per heavy atom. The van der Waals surface area contributed by atoms with Gasteiger partial charge in [-0.1, -0.05) is 44.2 Å². The van der Waals surface area contributed by atoms with E-state index in [1.807, 2.05) is 12.1 Å². The maximum absolute atomic E-state index is 11.9. The molecule has 0 bridgehead atoms. The number of fused-ring (bicyclic) bond motifs is 3. The van der Waals surface area contributed by atoms with E-state index in [4.69, 9.17) is 4.74 Å². The van der Waals surface area contributed by atoms with Crippen LogP contribution in [0.3, 0.4) is 0 Å². The summed E-state index contributed by atoms with van der Waals surface area (Å²) in [6.07, 6.45) is 2.05. The molecular formula is C19H20O2. The van der Waals surface area contributed by atoms with Gasteiger partial charge in [0.2, 0.25) is 0 Å². The number of hydrogen-bond donors (Lipinski definition) is 0. The van der Waals surface area contributed by atoms with E-state index in [1.165, 1.54) is 29.4 Å². The molecule has 1 aliphatic carbocycles. The highest BCUT2D eigenvalue weighted by atomic mass is 16.5. The average Bonchev–Trinajstić information content (AvgIpc) is 2.84. The lowest BCUT2D eigenvalue weighted by molar-refractivity contribution is 0.0600. The maximum atomic E-state index is 11.9. The highest BCUT2D eigenvalue weighted by Crippen LogP contribution is 2.52. The molecule has 2 nitrogen and oxygen atoms in total. The van der Waals surface area contributed by atoms with Crippen molar-refractivity contribution in [3.05, 3.63) is 59.2 Å². The average molecular weight is 280 g/mol. The van der Waals surface area contributed by atoms with E-state index in [0.29, 0.717) is 5.56 Å². The zero-order valence-electron chi connectivity index (χ0n) is 12.8. The van der Waals surface area contributed by atoms with Gasteiger partial charge in [0.15, 0.2) is 0 Å². The van der Waals surface area contributed by atoms with Gasteiger partial charge in [0.1, 0.15) is 0 Å². The van der Waals surface area contributed by atoms with Crippen LogP contribution in [0.2, 0.25) is 0 Å². The van der Waals surface area contributed by atoms with Gasteiger partial charge in [-0.25, -0.2) is 4.79 Å². The Labute approximate surface area is 125 Å². The number of hydrogen-bond acceptors (Lipinski definition) is 2. The predicted molar refractivity (Wildman–Crippen MR) is 84.6 cm³/mol. The van der Waals surface area contributed by atoms with E-state index >= 15 is 0 Å². The van der Waals surface area contributed by atoms with Gasteiger partial charge in [0.05, 0.1) is 12.7 Å². The molecule has 0 fully saturated rings. The van der Waals surface area contributed by atoms with Crippen molar-refractivity contribution in [1.82, 2.24) is 0 Å². The number of esters is 1. The summed E-state index contributed by atoms with van der Waals surface area (Å²) in [5, 5.41) is 0. The molecule has 0 amide bonds. The molecule has 0 atom stereocenters. The SMILES string of the molecule is CCC1(CC)c2ccccc2-c2ccc(C(=O)OC)cc21. The van der Waals surface area contributed by atoms with Crippen LogP contribution in [0.4, 0.5) is 0 Å². The van der Waals surface area contributed by atoms with E-state index < -0.39 is 0 Å². The van der Waals surface area contributed by atoms with Gasteiger partial charge in [-0.15, -0.1) is 0 Å². The first-order valence-corrected chi connectivity index (χ1v) is 7.50. The summed E-state index contributed by atoms with van der Waals surface area (Å²) in [7, 11) is 1.43. The lowest BCUT2D eigenvalue weighted by Gasteiger charge is -2.29. The van der Waals surface area contributed by atoms with Gasteiger partial charge >= 0.3 is 5.97 Å². The molecule has 0 heterocycles. The molecule has 0 radical (unpaired) electrons. The van der Waals surface area contributed by atoms with Crippen LogP contribution in [0.1, 0.15) is 48.2 Å². The number of benzene rings is 2. The molecule has 21 heavy (non-hydrogen) atoms. The van der Waals surface area contributed by atoms with Crippen molar-refractivity contribution in [2.45, 2.75) is 32.1 Å². The molecule has 0 aromatic heterocycles. The fraction of sp³-hybridized carbons (Fsp3) is 0.316. The van der Waals surface area contributed by atoms with Gasteiger partial charge in [-0.05, 0) is 47.2 Å². The Kier molecular flexibility index (Phi) is 3.32. The zero-order valence-corrected chi connectivity index (χ0v) is 12.8. The highest BCUT2D eigenvalue weighted by molar-refractivity contribution is 5.92. The van der Waals surface area contributed by atoms with Crippen LogP contribution in [0.15, 0.2) is 42.5 Å². The fourth-order valence-electron chi connectivity index (χ4n) is 3.71. The molecule has 0 N–H and O–H groups in total. The van der Waals surface area contributed by atoms with Crippen LogP contribution in [-0.2, 0) is 10.2 Å². The number of rotatable bonds is 3. The summed E-state index contributed by atoms with van der Waals surface area (Å²) < 4.78 is 4.87. The minimum absolute atomic E-state index is 0.00988. The van der Waals surface area contributed by atoms with E-state index in [0.717, 1.165) is 12.8 Å². The predicted octanol–water partition coefficient (Wildman–Crippen LogP) is 4.56. The van der Waals surface area contributed by atoms with Crippen molar-refractivity contribution in [2.75, 3.05) is 7.11 Å². The fourth-order valence-corrected chi connectivity index (χ4v) is 3.71.